The first-order chi connectivity index (χ1) is 11.3. The van der Waals surface area contributed by atoms with Gasteiger partial charge in [-0.05, 0) is 59.4 Å². The molecule has 4 rings (SSSR count). The number of rotatable bonds is 4. The minimum atomic E-state index is 0.220. The molecule has 3 aromatic carbocycles. The third-order valence-electron chi connectivity index (χ3n) is 4.51. The van der Waals surface area contributed by atoms with Gasteiger partial charge in [0.25, 0.3) is 0 Å². The average molecular weight is 318 g/mol. The fourth-order valence-electron chi connectivity index (χ4n) is 3.23. The van der Waals surface area contributed by atoms with Crippen molar-refractivity contribution in [2.24, 2.45) is 0 Å². The summed E-state index contributed by atoms with van der Waals surface area (Å²) >= 11 is 1.62. The Kier molecular flexibility index (Phi) is 3.92. The molecular formula is C21H18OS. The molecule has 0 bridgehead atoms. The van der Waals surface area contributed by atoms with E-state index < -0.39 is 0 Å². The van der Waals surface area contributed by atoms with Crippen LogP contribution in [0, 0.1) is 0 Å². The van der Waals surface area contributed by atoms with E-state index >= 15 is 0 Å². The van der Waals surface area contributed by atoms with Crippen LogP contribution in [0.5, 0.6) is 0 Å². The molecule has 0 saturated carbocycles. The maximum absolute atomic E-state index is 12.5. The lowest BCUT2D eigenvalue weighted by atomic mass is 10.0. The van der Waals surface area contributed by atoms with E-state index in [1.807, 2.05) is 18.2 Å². The first-order valence-electron chi connectivity index (χ1n) is 8.06. The topological polar surface area (TPSA) is 17.1 Å². The molecule has 0 radical (unpaired) electrons. The van der Waals surface area contributed by atoms with Crippen molar-refractivity contribution in [1.82, 2.24) is 0 Å². The second-order valence-electron chi connectivity index (χ2n) is 6.06. The number of Topliss-reactive ketones (excluding diaryl/α,β-unsaturated/α-hetero) is 1. The summed E-state index contributed by atoms with van der Waals surface area (Å²) in [5.74, 6) is 0.717. The molecule has 0 aliphatic heterocycles. The summed E-state index contributed by atoms with van der Waals surface area (Å²) in [5, 5.41) is 2.46. The Labute approximate surface area is 140 Å². The molecule has 1 aliphatic carbocycles. The van der Waals surface area contributed by atoms with Gasteiger partial charge in [0.1, 0.15) is 0 Å². The zero-order chi connectivity index (χ0) is 15.6. The van der Waals surface area contributed by atoms with Crippen molar-refractivity contribution < 1.29 is 4.79 Å². The maximum atomic E-state index is 12.5. The molecule has 1 aliphatic rings. The second kappa shape index (κ2) is 6.21. The van der Waals surface area contributed by atoms with Gasteiger partial charge in [0, 0.05) is 10.5 Å². The van der Waals surface area contributed by atoms with Gasteiger partial charge in [-0.15, -0.1) is 11.8 Å². The number of ketones is 1. The molecule has 0 N–H and O–H groups in total. The highest BCUT2D eigenvalue weighted by Crippen LogP contribution is 2.26. The summed E-state index contributed by atoms with van der Waals surface area (Å²) in [7, 11) is 0. The quantitative estimate of drug-likeness (QED) is 0.479. The highest BCUT2D eigenvalue weighted by molar-refractivity contribution is 8.00. The van der Waals surface area contributed by atoms with Crippen LogP contribution < -0.4 is 0 Å². The Balaban J connectivity index is 1.48. The predicted octanol–water partition coefficient (Wildman–Crippen LogP) is 5.30. The van der Waals surface area contributed by atoms with Crippen LogP contribution in [0.15, 0.2) is 65.6 Å². The number of fused-ring (bicyclic) bond motifs is 2. The van der Waals surface area contributed by atoms with Crippen LogP contribution in [0.25, 0.3) is 10.8 Å². The molecule has 3 aromatic rings. The van der Waals surface area contributed by atoms with Gasteiger partial charge in [-0.25, -0.2) is 0 Å². The molecule has 0 fully saturated rings. The third-order valence-corrected chi connectivity index (χ3v) is 5.51. The predicted molar refractivity (Wildman–Crippen MR) is 97.5 cm³/mol. The summed E-state index contributed by atoms with van der Waals surface area (Å²) in [4.78, 5) is 13.6. The molecule has 0 unspecified atom stereocenters. The number of carbonyl (C=O) groups excluding carboxylic acids is 1. The molecule has 23 heavy (non-hydrogen) atoms. The summed E-state index contributed by atoms with van der Waals surface area (Å²) in [6.45, 7) is 0. The molecule has 0 aromatic heterocycles. The van der Waals surface area contributed by atoms with Crippen LogP contribution in [0.2, 0.25) is 0 Å². The highest BCUT2D eigenvalue weighted by Gasteiger charge is 2.14. The number of hydrogen-bond acceptors (Lipinski definition) is 2. The number of hydrogen-bond donors (Lipinski definition) is 0. The Morgan fingerprint density at radius 2 is 1.70 bits per heavy atom. The van der Waals surface area contributed by atoms with Gasteiger partial charge in [0.2, 0.25) is 0 Å². The molecule has 0 amide bonds. The van der Waals surface area contributed by atoms with Gasteiger partial charge >= 0.3 is 0 Å². The molecule has 114 valence electrons. The van der Waals surface area contributed by atoms with Gasteiger partial charge in [0.05, 0.1) is 5.75 Å². The first kappa shape index (κ1) is 14.5. The lowest BCUT2D eigenvalue weighted by Gasteiger charge is -2.06. The average Bonchev–Trinajstić information content (AvgIpc) is 3.07. The van der Waals surface area contributed by atoms with Crippen LogP contribution in [0.4, 0.5) is 0 Å². The fourth-order valence-corrected chi connectivity index (χ4v) is 4.07. The third kappa shape index (κ3) is 3.04. The monoisotopic (exact) mass is 318 g/mol. The lowest BCUT2D eigenvalue weighted by Crippen LogP contribution is -2.03. The molecule has 0 saturated heterocycles. The van der Waals surface area contributed by atoms with E-state index in [-0.39, 0.29) is 5.78 Å². The second-order valence-corrected chi connectivity index (χ2v) is 7.11. The highest BCUT2D eigenvalue weighted by atomic mass is 32.2. The Hall–Kier alpha value is -2.06. The SMILES string of the molecule is O=C(CSc1ccc2ccccc2c1)c1ccc2c(c1)CCC2. The van der Waals surface area contributed by atoms with E-state index in [4.69, 9.17) is 0 Å². The number of carbonyl (C=O) groups is 1. The van der Waals surface area contributed by atoms with Crippen LogP contribution in [-0.4, -0.2) is 11.5 Å². The van der Waals surface area contributed by atoms with Crippen molar-refractivity contribution in [2.75, 3.05) is 5.75 Å². The zero-order valence-electron chi connectivity index (χ0n) is 12.9. The maximum Gasteiger partial charge on any atom is 0.173 e. The number of thioether (sulfide) groups is 1. The van der Waals surface area contributed by atoms with Crippen molar-refractivity contribution in [1.29, 1.82) is 0 Å². The molecule has 0 atom stereocenters. The Morgan fingerprint density at radius 1 is 0.870 bits per heavy atom. The van der Waals surface area contributed by atoms with Gasteiger partial charge in [-0.2, -0.15) is 0 Å². The van der Waals surface area contributed by atoms with E-state index in [1.54, 1.807) is 11.8 Å². The van der Waals surface area contributed by atoms with E-state index in [9.17, 15) is 4.79 Å². The lowest BCUT2D eigenvalue weighted by molar-refractivity contribution is 0.102. The van der Waals surface area contributed by atoms with Crippen molar-refractivity contribution in [3.63, 3.8) is 0 Å². The molecule has 2 heteroatoms. The van der Waals surface area contributed by atoms with Gasteiger partial charge in [0.15, 0.2) is 5.78 Å². The molecular weight excluding hydrogens is 300 g/mol. The zero-order valence-corrected chi connectivity index (χ0v) is 13.7. The van der Waals surface area contributed by atoms with Crippen LogP contribution in [0.1, 0.15) is 27.9 Å². The smallest absolute Gasteiger partial charge is 0.173 e. The van der Waals surface area contributed by atoms with Crippen molar-refractivity contribution in [3.8, 4) is 0 Å². The van der Waals surface area contributed by atoms with Crippen LogP contribution >= 0.6 is 11.8 Å². The summed E-state index contributed by atoms with van der Waals surface area (Å²) < 4.78 is 0. The van der Waals surface area contributed by atoms with Gasteiger partial charge in [-0.1, -0.05) is 42.5 Å². The largest absolute Gasteiger partial charge is 0.293 e. The molecule has 1 nitrogen and oxygen atoms in total. The van der Waals surface area contributed by atoms with E-state index in [0.717, 1.165) is 23.3 Å². The number of benzene rings is 3. The molecule has 0 heterocycles. The normalized spacial score (nSPS) is 13.2. The standard InChI is InChI=1S/C21H18OS/c22-21(19-9-8-16-6-3-7-17(16)12-19)14-23-20-11-10-15-4-1-2-5-18(15)13-20/h1-2,4-5,8-13H,3,6-7,14H2. The van der Waals surface area contributed by atoms with Crippen molar-refractivity contribution in [3.05, 3.63) is 77.4 Å². The van der Waals surface area contributed by atoms with E-state index in [1.165, 1.54) is 28.3 Å². The summed E-state index contributed by atoms with van der Waals surface area (Å²) in [6.07, 6.45) is 3.50. The minimum Gasteiger partial charge on any atom is -0.293 e. The van der Waals surface area contributed by atoms with E-state index in [0.29, 0.717) is 5.75 Å². The van der Waals surface area contributed by atoms with E-state index in [2.05, 4.69) is 42.5 Å². The summed E-state index contributed by atoms with van der Waals surface area (Å²) in [6, 6.07) is 20.9. The summed E-state index contributed by atoms with van der Waals surface area (Å²) in [5.41, 5.74) is 3.65. The van der Waals surface area contributed by atoms with Gasteiger partial charge in [-0.3, -0.25) is 4.79 Å². The van der Waals surface area contributed by atoms with Crippen LogP contribution in [0.3, 0.4) is 0 Å². The Morgan fingerprint density at radius 3 is 2.61 bits per heavy atom. The van der Waals surface area contributed by atoms with Crippen LogP contribution in [-0.2, 0) is 12.8 Å². The Bertz CT molecular complexity index is 882. The van der Waals surface area contributed by atoms with Crippen molar-refractivity contribution in [2.45, 2.75) is 24.2 Å². The number of aryl methyl sites for hydroxylation is 2. The van der Waals surface area contributed by atoms with Gasteiger partial charge < -0.3 is 0 Å². The molecule has 0 spiro atoms. The minimum absolute atomic E-state index is 0.220. The first-order valence-corrected chi connectivity index (χ1v) is 9.05. The van der Waals surface area contributed by atoms with Crippen molar-refractivity contribution >= 4 is 28.3 Å². The fraction of sp³-hybridized carbons (Fsp3) is 0.190.